The molecule has 1 aliphatic rings. The summed E-state index contributed by atoms with van der Waals surface area (Å²) in [6.45, 7) is 6.40. The fourth-order valence-corrected chi connectivity index (χ4v) is 2.33. The predicted octanol–water partition coefficient (Wildman–Crippen LogP) is 2.48. The summed E-state index contributed by atoms with van der Waals surface area (Å²) in [6, 6.07) is 0. The van der Waals surface area contributed by atoms with Crippen LogP contribution >= 0.6 is 0 Å². The number of ketones is 3. The molecule has 22 heavy (non-hydrogen) atoms. The summed E-state index contributed by atoms with van der Waals surface area (Å²) in [6.07, 6.45) is 2.22. The van der Waals surface area contributed by atoms with Crippen LogP contribution in [-0.4, -0.2) is 29.9 Å². The lowest BCUT2D eigenvalue weighted by Gasteiger charge is -2.17. The Morgan fingerprint density at radius 2 is 1.45 bits per heavy atom. The second-order valence-electron chi connectivity index (χ2n) is 5.48. The van der Waals surface area contributed by atoms with E-state index in [4.69, 9.17) is 4.74 Å². The third kappa shape index (κ3) is 4.23. The second-order valence-corrected chi connectivity index (χ2v) is 5.48. The fraction of sp³-hybridized carbons (Fsp3) is 0.529. The van der Waals surface area contributed by atoms with Gasteiger partial charge in [0.2, 0.25) is 0 Å². The summed E-state index contributed by atoms with van der Waals surface area (Å²) in [5.74, 6) is -1.16. The second kappa shape index (κ2) is 7.82. The van der Waals surface area contributed by atoms with Crippen molar-refractivity contribution >= 4 is 23.3 Å². The number of ether oxygens (including phenoxy) is 1. The van der Waals surface area contributed by atoms with E-state index in [1.54, 1.807) is 13.8 Å². The lowest BCUT2D eigenvalue weighted by molar-refractivity contribution is -0.141. The minimum atomic E-state index is -0.334. The molecule has 0 N–H and O–H groups in total. The monoisotopic (exact) mass is 306 g/mol. The van der Waals surface area contributed by atoms with Crippen LogP contribution in [0.2, 0.25) is 0 Å². The van der Waals surface area contributed by atoms with Gasteiger partial charge in [0.25, 0.3) is 0 Å². The van der Waals surface area contributed by atoms with Crippen molar-refractivity contribution < 1.29 is 23.9 Å². The molecule has 120 valence electrons. The Morgan fingerprint density at radius 3 is 2.05 bits per heavy atom. The smallest absolute Gasteiger partial charge is 0.302 e. The molecule has 5 nitrogen and oxygen atoms in total. The van der Waals surface area contributed by atoms with Gasteiger partial charge in [0.05, 0.1) is 12.2 Å². The lowest BCUT2D eigenvalue weighted by atomic mass is 9.83. The Balaban J connectivity index is 2.57. The average Bonchev–Trinajstić information content (AvgIpc) is 2.46. The van der Waals surface area contributed by atoms with Gasteiger partial charge in [-0.2, -0.15) is 0 Å². The van der Waals surface area contributed by atoms with Gasteiger partial charge in [-0.15, -0.1) is 0 Å². The molecule has 0 heterocycles. The molecular formula is C17H22O5. The zero-order valence-corrected chi connectivity index (χ0v) is 13.6. The quantitative estimate of drug-likeness (QED) is 0.312. The van der Waals surface area contributed by atoms with Crippen LogP contribution in [0, 0.1) is 0 Å². The molecule has 0 amide bonds. The predicted molar refractivity (Wildman–Crippen MR) is 81.2 cm³/mol. The molecule has 1 aliphatic carbocycles. The maximum absolute atomic E-state index is 12.2. The first-order valence-electron chi connectivity index (χ1n) is 7.41. The molecule has 0 aliphatic heterocycles. The molecule has 0 radical (unpaired) electrons. The van der Waals surface area contributed by atoms with E-state index in [1.165, 1.54) is 13.8 Å². The number of carbonyl (C=O) groups excluding carboxylic acids is 4. The zero-order valence-electron chi connectivity index (χ0n) is 13.6. The highest BCUT2D eigenvalue weighted by Gasteiger charge is 2.31. The van der Waals surface area contributed by atoms with E-state index >= 15 is 0 Å². The van der Waals surface area contributed by atoms with E-state index in [9.17, 15) is 19.2 Å². The van der Waals surface area contributed by atoms with E-state index in [0.717, 1.165) is 6.42 Å². The molecule has 1 rings (SSSR count). The van der Waals surface area contributed by atoms with Crippen molar-refractivity contribution in [3.05, 3.63) is 22.3 Å². The highest BCUT2D eigenvalue weighted by Crippen LogP contribution is 2.25. The summed E-state index contributed by atoms with van der Waals surface area (Å²) < 4.78 is 4.80. The van der Waals surface area contributed by atoms with Gasteiger partial charge < -0.3 is 4.74 Å². The van der Waals surface area contributed by atoms with Crippen molar-refractivity contribution in [1.29, 1.82) is 0 Å². The molecular weight excluding hydrogens is 284 g/mol. The third-order valence-electron chi connectivity index (χ3n) is 3.82. The first-order chi connectivity index (χ1) is 10.3. The number of hydrogen-bond acceptors (Lipinski definition) is 5. The number of hydrogen-bond donors (Lipinski definition) is 0. The van der Waals surface area contributed by atoms with Crippen LogP contribution in [0.5, 0.6) is 0 Å². The molecule has 0 fully saturated rings. The van der Waals surface area contributed by atoms with Crippen LogP contribution < -0.4 is 0 Å². The van der Waals surface area contributed by atoms with Crippen LogP contribution in [0.4, 0.5) is 0 Å². The minimum Gasteiger partial charge on any atom is -0.466 e. The van der Waals surface area contributed by atoms with Crippen LogP contribution in [0.1, 0.15) is 53.4 Å². The normalized spacial score (nSPS) is 15.5. The van der Waals surface area contributed by atoms with Crippen LogP contribution in [0.15, 0.2) is 22.3 Å². The van der Waals surface area contributed by atoms with Crippen molar-refractivity contribution in [2.24, 2.45) is 0 Å². The molecule has 0 aromatic heterocycles. The van der Waals surface area contributed by atoms with Gasteiger partial charge in [-0.3, -0.25) is 19.2 Å². The minimum absolute atomic E-state index is 0.0353. The van der Waals surface area contributed by atoms with E-state index < -0.39 is 0 Å². The molecule has 0 unspecified atom stereocenters. The largest absolute Gasteiger partial charge is 0.466 e. The van der Waals surface area contributed by atoms with Crippen molar-refractivity contribution in [2.75, 3.05) is 6.61 Å². The van der Waals surface area contributed by atoms with E-state index in [1.807, 2.05) is 0 Å². The number of rotatable bonds is 7. The number of allylic oxidation sites excluding steroid dienone is 4. The first-order valence-corrected chi connectivity index (χ1v) is 7.41. The number of Topliss-reactive ketones (excluding diaryl/α,β-unsaturated/α-hetero) is 3. The van der Waals surface area contributed by atoms with E-state index in [0.29, 0.717) is 30.6 Å². The molecule has 0 spiro atoms. The van der Waals surface area contributed by atoms with Gasteiger partial charge in [-0.25, -0.2) is 0 Å². The lowest BCUT2D eigenvalue weighted by Crippen LogP contribution is -2.25. The summed E-state index contributed by atoms with van der Waals surface area (Å²) in [7, 11) is 0. The van der Waals surface area contributed by atoms with Gasteiger partial charge >= 0.3 is 5.97 Å². The molecule has 0 bridgehead atoms. The van der Waals surface area contributed by atoms with Gasteiger partial charge in [-0.1, -0.05) is 0 Å². The Bertz CT molecular complexity index is 578. The Morgan fingerprint density at radius 1 is 0.864 bits per heavy atom. The molecule has 0 aromatic carbocycles. The number of unbranched alkanes of at least 4 members (excludes halogenated alkanes) is 2. The molecule has 0 atom stereocenters. The Hall–Kier alpha value is -2.04. The molecule has 0 saturated heterocycles. The van der Waals surface area contributed by atoms with E-state index in [2.05, 4.69) is 0 Å². The maximum atomic E-state index is 12.2. The van der Waals surface area contributed by atoms with Crippen LogP contribution in [0.3, 0.4) is 0 Å². The van der Waals surface area contributed by atoms with Crippen LogP contribution in [-0.2, 0) is 23.9 Å². The third-order valence-corrected chi connectivity index (χ3v) is 3.82. The summed E-state index contributed by atoms with van der Waals surface area (Å²) >= 11 is 0. The van der Waals surface area contributed by atoms with Gasteiger partial charge in [0, 0.05) is 30.1 Å². The summed E-state index contributed by atoms with van der Waals surface area (Å²) in [5.41, 5.74) is 1.06. The molecule has 0 saturated carbocycles. The topological polar surface area (TPSA) is 77.5 Å². The SMILES string of the molecule is CC(=O)OCCCCCC(=O)C1=C(C)C(=O)C(C)=C(C)C1=O. The zero-order chi connectivity index (χ0) is 16.9. The standard InChI is InChI=1S/C17H22O5/c1-10-11(2)17(21)15(12(3)16(10)20)14(19)8-6-5-7-9-22-13(4)18/h5-9H2,1-4H3. The van der Waals surface area contributed by atoms with Gasteiger partial charge in [0.1, 0.15) is 0 Å². The average molecular weight is 306 g/mol. The molecule has 0 aromatic rings. The summed E-state index contributed by atoms with van der Waals surface area (Å²) in [5, 5.41) is 0. The van der Waals surface area contributed by atoms with E-state index in [-0.39, 0.29) is 40.9 Å². The van der Waals surface area contributed by atoms with Crippen LogP contribution in [0.25, 0.3) is 0 Å². The number of esters is 1. The van der Waals surface area contributed by atoms with Crippen molar-refractivity contribution in [2.45, 2.75) is 53.4 Å². The highest BCUT2D eigenvalue weighted by molar-refractivity contribution is 6.35. The van der Waals surface area contributed by atoms with Crippen molar-refractivity contribution in [1.82, 2.24) is 0 Å². The Labute approximate surface area is 130 Å². The van der Waals surface area contributed by atoms with Gasteiger partial charge in [0.15, 0.2) is 17.3 Å². The van der Waals surface area contributed by atoms with Crippen molar-refractivity contribution in [3.8, 4) is 0 Å². The summed E-state index contributed by atoms with van der Waals surface area (Å²) in [4.78, 5) is 47.0. The van der Waals surface area contributed by atoms with Crippen molar-refractivity contribution in [3.63, 3.8) is 0 Å². The maximum Gasteiger partial charge on any atom is 0.302 e. The highest BCUT2D eigenvalue weighted by atomic mass is 16.5. The fourth-order valence-electron chi connectivity index (χ4n) is 2.33. The number of carbonyl (C=O) groups is 4. The Kier molecular flexibility index (Phi) is 6.40. The molecule has 5 heteroatoms. The van der Waals surface area contributed by atoms with Gasteiger partial charge in [-0.05, 0) is 40.0 Å². The first kappa shape index (κ1) is 18.0.